The molecular weight excluding hydrogens is 310 g/mol. The third-order valence-electron chi connectivity index (χ3n) is 3.92. The lowest BCUT2D eigenvalue weighted by Crippen LogP contribution is -2.25. The van der Waals surface area contributed by atoms with Crippen LogP contribution >= 0.6 is 11.6 Å². The normalized spacial score (nSPS) is 17.3. The quantitative estimate of drug-likeness (QED) is 0.825. The summed E-state index contributed by atoms with van der Waals surface area (Å²) >= 11 is 5.99. The Morgan fingerprint density at radius 3 is 2.83 bits per heavy atom. The predicted molar refractivity (Wildman–Crippen MR) is 92.9 cm³/mol. The lowest BCUT2D eigenvalue weighted by atomic mass is 10.2. The molecule has 0 amide bonds. The van der Waals surface area contributed by atoms with Gasteiger partial charge in [0.2, 0.25) is 0 Å². The molecule has 1 aliphatic heterocycles. The maximum absolute atomic E-state index is 5.99. The molecule has 1 atom stereocenters. The van der Waals surface area contributed by atoms with E-state index in [1.54, 1.807) is 0 Å². The summed E-state index contributed by atoms with van der Waals surface area (Å²) < 4.78 is 11.5. The maximum Gasteiger partial charge on any atom is 0.120 e. The lowest BCUT2D eigenvalue weighted by Gasteiger charge is -2.12. The minimum atomic E-state index is 0.372. The molecule has 0 saturated carbocycles. The molecule has 1 unspecified atom stereocenters. The first kappa shape index (κ1) is 16.3. The summed E-state index contributed by atoms with van der Waals surface area (Å²) in [5.74, 6) is 0.876. The van der Waals surface area contributed by atoms with Gasteiger partial charge in [-0.15, -0.1) is 0 Å². The molecule has 2 aromatic carbocycles. The van der Waals surface area contributed by atoms with Crippen LogP contribution in [-0.2, 0) is 17.9 Å². The first-order valence-corrected chi connectivity index (χ1v) is 8.46. The summed E-state index contributed by atoms with van der Waals surface area (Å²) in [6.45, 7) is 3.16. The predicted octanol–water partition coefficient (Wildman–Crippen LogP) is 4.19. The van der Waals surface area contributed by atoms with Crippen molar-refractivity contribution < 1.29 is 9.47 Å². The standard InChI is InChI=1S/C19H22ClNO2/c20-17-6-1-5-16(10-17)14-23-18-7-2-4-15(11-18)12-21-13-19-8-3-9-22-19/h1-2,4-7,10-11,19,21H,3,8-9,12-14H2. The molecule has 0 spiro atoms. The van der Waals surface area contributed by atoms with Crippen LogP contribution in [0.3, 0.4) is 0 Å². The van der Waals surface area contributed by atoms with Gasteiger partial charge in [0.1, 0.15) is 12.4 Å². The van der Waals surface area contributed by atoms with Gasteiger partial charge in [-0.25, -0.2) is 0 Å². The van der Waals surface area contributed by atoms with E-state index in [1.165, 1.54) is 12.0 Å². The van der Waals surface area contributed by atoms with Gasteiger partial charge in [0, 0.05) is 24.7 Å². The lowest BCUT2D eigenvalue weighted by molar-refractivity contribution is 0.110. The topological polar surface area (TPSA) is 30.5 Å². The number of hydrogen-bond donors (Lipinski definition) is 1. The van der Waals surface area contributed by atoms with E-state index in [0.29, 0.717) is 12.7 Å². The number of ether oxygens (including phenoxy) is 2. The third-order valence-corrected chi connectivity index (χ3v) is 4.15. The highest BCUT2D eigenvalue weighted by atomic mass is 35.5. The second kappa shape index (κ2) is 8.34. The van der Waals surface area contributed by atoms with Crippen LogP contribution in [0.1, 0.15) is 24.0 Å². The molecule has 0 radical (unpaired) electrons. The van der Waals surface area contributed by atoms with E-state index in [0.717, 1.165) is 42.5 Å². The van der Waals surface area contributed by atoms with Gasteiger partial charge >= 0.3 is 0 Å². The van der Waals surface area contributed by atoms with Crippen LogP contribution in [-0.4, -0.2) is 19.3 Å². The number of hydrogen-bond acceptors (Lipinski definition) is 3. The van der Waals surface area contributed by atoms with Crippen LogP contribution < -0.4 is 10.1 Å². The SMILES string of the molecule is Clc1cccc(COc2cccc(CNCC3CCCO3)c2)c1. The molecular formula is C19H22ClNO2. The molecule has 3 nitrogen and oxygen atoms in total. The molecule has 0 aliphatic carbocycles. The van der Waals surface area contributed by atoms with Crippen molar-refractivity contribution in [3.8, 4) is 5.75 Å². The highest BCUT2D eigenvalue weighted by molar-refractivity contribution is 6.30. The molecule has 4 heteroatoms. The fourth-order valence-corrected chi connectivity index (χ4v) is 2.93. The van der Waals surface area contributed by atoms with Crippen molar-refractivity contribution in [2.45, 2.75) is 32.1 Å². The Bertz CT molecular complexity index is 626. The summed E-state index contributed by atoms with van der Waals surface area (Å²) in [4.78, 5) is 0. The molecule has 0 bridgehead atoms. The first-order chi connectivity index (χ1) is 11.3. The van der Waals surface area contributed by atoms with E-state index in [2.05, 4.69) is 17.4 Å². The van der Waals surface area contributed by atoms with E-state index in [1.807, 2.05) is 36.4 Å². The van der Waals surface area contributed by atoms with Crippen molar-refractivity contribution in [3.63, 3.8) is 0 Å². The molecule has 0 aromatic heterocycles. The van der Waals surface area contributed by atoms with Crippen LogP contribution in [0.5, 0.6) is 5.75 Å². The van der Waals surface area contributed by atoms with Gasteiger partial charge in [0.15, 0.2) is 0 Å². The zero-order chi connectivity index (χ0) is 15.9. The maximum atomic E-state index is 5.99. The van der Waals surface area contributed by atoms with Gasteiger partial charge in [-0.3, -0.25) is 0 Å². The zero-order valence-corrected chi connectivity index (χ0v) is 13.9. The summed E-state index contributed by atoms with van der Waals surface area (Å²) in [5.41, 5.74) is 2.28. The molecule has 1 saturated heterocycles. The Kier molecular flexibility index (Phi) is 5.92. The van der Waals surface area contributed by atoms with Crippen LogP contribution in [0.25, 0.3) is 0 Å². The van der Waals surface area contributed by atoms with Crippen LogP contribution in [0.4, 0.5) is 0 Å². The van der Waals surface area contributed by atoms with E-state index in [4.69, 9.17) is 21.1 Å². The van der Waals surface area contributed by atoms with Gasteiger partial charge in [-0.05, 0) is 48.2 Å². The minimum absolute atomic E-state index is 0.372. The Morgan fingerprint density at radius 1 is 1.13 bits per heavy atom. The van der Waals surface area contributed by atoms with Gasteiger partial charge < -0.3 is 14.8 Å². The van der Waals surface area contributed by atoms with Crippen molar-refractivity contribution in [2.75, 3.05) is 13.2 Å². The second-order valence-electron chi connectivity index (χ2n) is 5.83. The van der Waals surface area contributed by atoms with Crippen molar-refractivity contribution >= 4 is 11.6 Å². The minimum Gasteiger partial charge on any atom is -0.489 e. The van der Waals surface area contributed by atoms with Crippen LogP contribution in [0.2, 0.25) is 5.02 Å². The van der Waals surface area contributed by atoms with Gasteiger partial charge in [0.25, 0.3) is 0 Å². The average Bonchev–Trinajstić information content (AvgIpc) is 3.07. The van der Waals surface area contributed by atoms with E-state index >= 15 is 0 Å². The first-order valence-electron chi connectivity index (χ1n) is 8.08. The Morgan fingerprint density at radius 2 is 2.00 bits per heavy atom. The highest BCUT2D eigenvalue weighted by Gasteiger charge is 2.14. The molecule has 122 valence electrons. The number of halogens is 1. The number of nitrogens with one attached hydrogen (secondary N) is 1. The van der Waals surface area contributed by atoms with E-state index in [9.17, 15) is 0 Å². The molecule has 1 fully saturated rings. The third kappa shape index (κ3) is 5.24. The zero-order valence-electron chi connectivity index (χ0n) is 13.1. The summed E-state index contributed by atoms with van der Waals surface area (Å²) in [6.07, 6.45) is 2.71. The Labute approximate surface area is 142 Å². The monoisotopic (exact) mass is 331 g/mol. The smallest absolute Gasteiger partial charge is 0.120 e. The largest absolute Gasteiger partial charge is 0.489 e. The van der Waals surface area contributed by atoms with Crippen LogP contribution in [0, 0.1) is 0 Å². The summed E-state index contributed by atoms with van der Waals surface area (Å²) in [6, 6.07) is 15.9. The second-order valence-corrected chi connectivity index (χ2v) is 6.27. The molecule has 23 heavy (non-hydrogen) atoms. The van der Waals surface area contributed by atoms with Crippen molar-refractivity contribution in [1.29, 1.82) is 0 Å². The van der Waals surface area contributed by atoms with E-state index < -0.39 is 0 Å². The molecule has 3 rings (SSSR count). The molecule has 1 N–H and O–H groups in total. The number of rotatable bonds is 7. The van der Waals surface area contributed by atoms with E-state index in [-0.39, 0.29) is 0 Å². The van der Waals surface area contributed by atoms with Crippen LogP contribution in [0.15, 0.2) is 48.5 Å². The van der Waals surface area contributed by atoms with Gasteiger partial charge in [-0.1, -0.05) is 35.9 Å². The summed E-state index contributed by atoms with van der Waals surface area (Å²) in [7, 11) is 0. The average molecular weight is 332 g/mol. The summed E-state index contributed by atoms with van der Waals surface area (Å²) in [5, 5.41) is 4.19. The van der Waals surface area contributed by atoms with Crippen molar-refractivity contribution in [1.82, 2.24) is 5.32 Å². The molecule has 1 heterocycles. The Balaban J connectivity index is 1.48. The van der Waals surface area contributed by atoms with Gasteiger partial charge in [0.05, 0.1) is 6.10 Å². The fourth-order valence-electron chi connectivity index (χ4n) is 2.72. The van der Waals surface area contributed by atoms with Crippen molar-refractivity contribution in [3.05, 3.63) is 64.7 Å². The number of benzene rings is 2. The molecule has 2 aromatic rings. The van der Waals surface area contributed by atoms with Crippen molar-refractivity contribution in [2.24, 2.45) is 0 Å². The highest BCUT2D eigenvalue weighted by Crippen LogP contribution is 2.17. The fraction of sp³-hybridized carbons (Fsp3) is 0.368. The Hall–Kier alpha value is -1.55. The molecule has 1 aliphatic rings. The van der Waals surface area contributed by atoms with Gasteiger partial charge in [-0.2, -0.15) is 0 Å².